The van der Waals surface area contributed by atoms with E-state index < -0.39 is 12.0 Å². The lowest BCUT2D eigenvalue weighted by Gasteiger charge is -2.32. The number of carboxylic acids is 1. The zero-order valence-corrected chi connectivity index (χ0v) is 10.7. The first-order chi connectivity index (χ1) is 8.58. The Bertz CT molecular complexity index is 416. The first-order valence-electron chi connectivity index (χ1n) is 6.16. The molecule has 1 unspecified atom stereocenters. The van der Waals surface area contributed by atoms with E-state index >= 15 is 0 Å². The van der Waals surface area contributed by atoms with Crippen molar-refractivity contribution in [2.45, 2.75) is 32.5 Å². The highest BCUT2D eigenvalue weighted by atomic mass is 16.5. The van der Waals surface area contributed by atoms with Crippen molar-refractivity contribution in [1.29, 1.82) is 0 Å². The van der Waals surface area contributed by atoms with Crippen LogP contribution in [0.2, 0.25) is 0 Å². The van der Waals surface area contributed by atoms with Crippen molar-refractivity contribution in [3.05, 3.63) is 18.0 Å². The molecule has 1 aliphatic rings. The second-order valence-electron chi connectivity index (χ2n) is 4.78. The molecule has 1 aromatic rings. The average molecular weight is 253 g/mol. The van der Waals surface area contributed by atoms with E-state index in [1.165, 1.54) is 0 Å². The Labute approximate surface area is 106 Å². The van der Waals surface area contributed by atoms with Gasteiger partial charge in [0.25, 0.3) is 0 Å². The summed E-state index contributed by atoms with van der Waals surface area (Å²) in [6, 6.07) is 1.69. The van der Waals surface area contributed by atoms with Crippen molar-refractivity contribution in [3.63, 3.8) is 0 Å². The largest absolute Gasteiger partial charge is 0.480 e. The minimum atomic E-state index is -0.835. The van der Waals surface area contributed by atoms with Crippen LogP contribution in [0.5, 0.6) is 0 Å². The topological polar surface area (TPSA) is 67.6 Å². The summed E-state index contributed by atoms with van der Waals surface area (Å²) < 4.78 is 7.09. The molecule has 1 N–H and O–H groups in total. The van der Waals surface area contributed by atoms with Gasteiger partial charge in [0.05, 0.1) is 18.9 Å². The summed E-state index contributed by atoms with van der Waals surface area (Å²) in [5, 5.41) is 13.6. The zero-order valence-electron chi connectivity index (χ0n) is 10.7. The molecule has 2 rings (SSSR count). The van der Waals surface area contributed by atoms with Gasteiger partial charge in [-0.3, -0.25) is 14.4 Å². The Hall–Kier alpha value is -1.40. The number of hydrogen-bond donors (Lipinski definition) is 1. The van der Waals surface area contributed by atoms with E-state index in [1.807, 2.05) is 21.8 Å². The van der Waals surface area contributed by atoms with Gasteiger partial charge >= 0.3 is 5.97 Å². The van der Waals surface area contributed by atoms with Crippen LogP contribution in [0.15, 0.2) is 12.3 Å². The number of ether oxygens (including phenoxy) is 1. The van der Waals surface area contributed by atoms with Crippen LogP contribution in [-0.2, 0) is 16.1 Å². The number of hydrogen-bond acceptors (Lipinski definition) is 4. The average Bonchev–Trinajstić information content (AvgIpc) is 2.78. The lowest BCUT2D eigenvalue weighted by molar-refractivity contribution is -0.150. The first-order valence-corrected chi connectivity index (χ1v) is 6.16. The van der Waals surface area contributed by atoms with Crippen molar-refractivity contribution in [1.82, 2.24) is 14.7 Å². The molecule has 0 bridgehead atoms. The normalized spacial score (nSPS) is 21.4. The summed E-state index contributed by atoms with van der Waals surface area (Å²) in [5.41, 5.74) is 0.900. The third-order valence-corrected chi connectivity index (χ3v) is 3.08. The molecule has 0 saturated carbocycles. The molecule has 100 valence electrons. The molecule has 1 aromatic heterocycles. The van der Waals surface area contributed by atoms with Crippen LogP contribution in [0.1, 0.15) is 25.6 Å². The second-order valence-corrected chi connectivity index (χ2v) is 4.78. The van der Waals surface area contributed by atoms with Crippen LogP contribution < -0.4 is 0 Å². The van der Waals surface area contributed by atoms with Crippen molar-refractivity contribution >= 4 is 5.97 Å². The molecule has 2 heterocycles. The van der Waals surface area contributed by atoms with E-state index in [-0.39, 0.29) is 6.61 Å². The quantitative estimate of drug-likeness (QED) is 0.857. The monoisotopic (exact) mass is 253 g/mol. The minimum absolute atomic E-state index is 0.250. The number of nitrogens with zero attached hydrogens (tertiary/aromatic N) is 3. The molecular weight excluding hydrogens is 234 g/mol. The lowest BCUT2D eigenvalue weighted by Crippen LogP contribution is -2.49. The third kappa shape index (κ3) is 2.88. The first kappa shape index (κ1) is 13.0. The highest BCUT2D eigenvalue weighted by molar-refractivity contribution is 5.73. The minimum Gasteiger partial charge on any atom is -0.480 e. The molecule has 1 aliphatic heterocycles. The highest BCUT2D eigenvalue weighted by Crippen LogP contribution is 2.12. The zero-order chi connectivity index (χ0) is 13.1. The van der Waals surface area contributed by atoms with E-state index in [0.29, 0.717) is 25.7 Å². The number of carboxylic acid groups (broad SMARTS) is 1. The summed E-state index contributed by atoms with van der Waals surface area (Å²) in [4.78, 5) is 13.0. The molecule has 0 radical (unpaired) electrons. The van der Waals surface area contributed by atoms with Gasteiger partial charge < -0.3 is 9.84 Å². The van der Waals surface area contributed by atoms with Gasteiger partial charge in [0, 0.05) is 25.3 Å². The third-order valence-electron chi connectivity index (χ3n) is 3.08. The number of morpholine rings is 1. The molecule has 0 amide bonds. The molecule has 0 spiro atoms. The molecule has 1 atom stereocenters. The molecule has 0 aliphatic carbocycles. The fourth-order valence-corrected chi connectivity index (χ4v) is 2.01. The fraction of sp³-hybridized carbons (Fsp3) is 0.667. The Morgan fingerprint density at radius 1 is 1.67 bits per heavy atom. The number of aliphatic carboxylic acids is 1. The molecule has 1 fully saturated rings. The van der Waals surface area contributed by atoms with Gasteiger partial charge in [0.1, 0.15) is 6.04 Å². The molecule has 1 saturated heterocycles. The SMILES string of the molecule is CC(C)n1ccc(CN2CCOCC2C(=O)O)n1. The second kappa shape index (κ2) is 5.49. The van der Waals surface area contributed by atoms with Gasteiger partial charge in [0.15, 0.2) is 0 Å². The summed E-state index contributed by atoms with van der Waals surface area (Å²) in [5.74, 6) is -0.835. The van der Waals surface area contributed by atoms with Gasteiger partial charge in [-0.2, -0.15) is 5.10 Å². The van der Waals surface area contributed by atoms with Gasteiger partial charge in [-0.05, 0) is 19.9 Å². The van der Waals surface area contributed by atoms with Crippen LogP contribution >= 0.6 is 0 Å². The van der Waals surface area contributed by atoms with Crippen LogP contribution in [-0.4, -0.2) is 51.6 Å². The summed E-state index contributed by atoms with van der Waals surface area (Å²) in [6.45, 7) is 6.14. The molecule has 6 heteroatoms. The Balaban J connectivity index is 2.03. The van der Waals surface area contributed by atoms with Gasteiger partial charge in [-0.15, -0.1) is 0 Å². The van der Waals surface area contributed by atoms with E-state index in [4.69, 9.17) is 9.84 Å². The van der Waals surface area contributed by atoms with E-state index in [9.17, 15) is 4.79 Å². The highest BCUT2D eigenvalue weighted by Gasteiger charge is 2.29. The number of carbonyl (C=O) groups is 1. The van der Waals surface area contributed by atoms with Crippen LogP contribution in [0.4, 0.5) is 0 Å². The van der Waals surface area contributed by atoms with Crippen LogP contribution in [0.3, 0.4) is 0 Å². The predicted molar refractivity (Wildman–Crippen MR) is 65.3 cm³/mol. The molecule has 0 aromatic carbocycles. The summed E-state index contributed by atoms with van der Waals surface area (Å²) in [7, 11) is 0. The summed E-state index contributed by atoms with van der Waals surface area (Å²) in [6.07, 6.45) is 1.93. The van der Waals surface area contributed by atoms with E-state index in [2.05, 4.69) is 18.9 Å². The number of aromatic nitrogens is 2. The lowest BCUT2D eigenvalue weighted by atomic mass is 10.2. The fourth-order valence-electron chi connectivity index (χ4n) is 2.01. The smallest absolute Gasteiger partial charge is 0.323 e. The maximum Gasteiger partial charge on any atom is 0.323 e. The Morgan fingerprint density at radius 2 is 2.44 bits per heavy atom. The van der Waals surface area contributed by atoms with Crippen molar-refractivity contribution < 1.29 is 14.6 Å². The van der Waals surface area contributed by atoms with Crippen molar-refractivity contribution in [2.24, 2.45) is 0 Å². The maximum absolute atomic E-state index is 11.1. The van der Waals surface area contributed by atoms with Crippen LogP contribution in [0.25, 0.3) is 0 Å². The molecule has 6 nitrogen and oxygen atoms in total. The van der Waals surface area contributed by atoms with Crippen LogP contribution in [0, 0.1) is 0 Å². The van der Waals surface area contributed by atoms with Gasteiger partial charge in [-0.1, -0.05) is 0 Å². The van der Waals surface area contributed by atoms with Gasteiger partial charge in [0.2, 0.25) is 0 Å². The number of rotatable bonds is 4. The molecule has 18 heavy (non-hydrogen) atoms. The van der Waals surface area contributed by atoms with E-state index in [1.54, 1.807) is 0 Å². The van der Waals surface area contributed by atoms with Gasteiger partial charge in [-0.25, -0.2) is 0 Å². The molecular formula is C12H19N3O3. The predicted octanol–water partition coefficient (Wildman–Crippen LogP) is 0.749. The standard InChI is InChI=1S/C12H19N3O3/c1-9(2)15-4-3-10(13-15)7-14-5-6-18-8-11(14)12(16)17/h3-4,9,11H,5-8H2,1-2H3,(H,16,17). The Kier molecular flexibility index (Phi) is 3.98. The van der Waals surface area contributed by atoms with E-state index in [0.717, 1.165) is 5.69 Å². The van der Waals surface area contributed by atoms with Crippen molar-refractivity contribution in [2.75, 3.05) is 19.8 Å². The van der Waals surface area contributed by atoms with Crippen molar-refractivity contribution in [3.8, 4) is 0 Å². The summed E-state index contributed by atoms with van der Waals surface area (Å²) >= 11 is 0. The maximum atomic E-state index is 11.1. The Morgan fingerprint density at radius 3 is 3.06 bits per heavy atom.